The van der Waals surface area contributed by atoms with Gasteiger partial charge in [-0.3, -0.25) is 4.98 Å². The maximum Gasteiger partial charge on any atom is 0.143 e. The van der Waals surface area contributed by atoms with Crippen LogP contribution in [0.2, 0.25) is 0 Å². The molecule has 0 saturated heterocycles. The number of aromatic nitrogens is 2. The highest BCUT2D eigenvalue weighted by Crippen LogP contribution is 2.31. The van der Waals surface area contributed by atoms with E-state index >= 15 is 0 Å². The molecule has 0 atom stereocenters. The van der Waals surface area contributed by atoms with Crippen LogP contribution in [-0.2, 0) is 0 Å². The van der Waals surface area contributed by atoms with Crippen LogP contribution in [0.15, 0.2) is 30.6 Å². The van der Waals surface area contributed by atoms with Crippen molar-refractivity contribution in [2.24, 2.45) is 0 Å². The van der Waals surface area contributed by atoms with E-state index in [1.165, 1.54) is 12.1 Å². The number of nitrogens with zero attached hydrogens (tertiary/aromatic N) is 1. The van der Waals surface area contributed by atoms with Crippen LogP contribution in [-0.4, -0.2) is 20.2 Å². The molecule has 0 aliphatic rings. The Morgan fingerprint density at radius 2 is 2.00 bits per heavy atom. The smallest absolute Gasteiger partial charge is 0.143 e. The Morgan fingerprint density at radius 1 is 1.15 bits per heavy atom. The van der Waals surface area contributed by atoms with E-state index in [1.54, 1.807) is 18.5 Å². The Kier molecular flexibility index (Phi) is 1.66. The molecule has 0 amide bonds. The summed E-state index contributed by atoms with van der Waals surface area (Å²) in [7, 11) is 0. The molecule has 4 heteroatoms. The first kappa shape index (κ1) is 7.67. The molecule has 0 aliphatic carbocycles. The lowest BCUT2D eigenvalue weighted by Crippen LogP contribution is -1.83. The van der Waals surface area contributed by atoms with E-state index in [0.717, 1.165) is 0 Å². The summed E-state index contributed by atoms with van der Waals surface area (Å²) >= 11 is 0. The fourth-order valence-corrected chi connectivity index (χ4v) is 1.14. The van der Waals surface area contributed by atoms with E-state index in [0.29, 0.717) is 11.4 Å². The molecule has 0 bridgehead atoms. The molecule has 2 aromatic heterocycles. The molecule has 0 aliphatic heterocycles. The quantitative estimate of drug-likeness (QED) is 0.616. The predicted molar refractivity (Wildman–Crippen MR) is 47.4 cm³/mol. The number of H-pyrrole nitrogens is 1. The topological polar surface area (TPSA) is 69.1 Å². The van der Waals surface area contributed by atoms with Crippen LogP contribution in [0, 0.1) is 0 Å². The molecule has 2 aromatic rings. The number of nitrogens with one attached hydrogen (secondary N) is 1. The summed E-state index contributed by atoms with van der Waals surface area (Å²) < 4.78 is 0. The van der Waals surface area contributed by atoms with Crippen molar-refractivity contribution in [3.8, 4) is 22.9 Å². The summed E-state index contributed by atoms with van der Waals surface area (Å²) in [5.41, 5.74) is 0.781. The Labute approximate surface area is 74.5 Å². The molecule has 66 valence electrons. The zero-order valence-electron chi connectivity index (χ0n) is 6.73. The van der Waals surface area contributed by atoms with Gasteiger partial charge >= 0.3 is 0 Å². The van der Waals surface area contributed by atoms with Gasteiger partial charge in [-0.1, -0.05) is 0 Å². The fraction of sp³-hybridized carbons (Fsp3) is 0. The van der Waals surface area contributed by atoms with Gasteiger partial charge in [0.05, 0.1) is 0 Å². The zero-order valence-corrected chi connectivity index (χ0v) is 6.73. The van der Waals surface area contributed by atoms with Gasteiger partial charge in [0.15, 0.2) is 0 Å². The van der Waals surface area contributed by atoms with E-state index < -0.39 is 0 Å². The summed E-state index contributed by atoms with van der Waals surface area (Å²) in [6.45, 7) is 0. The third-order valence-electron chi connectivity index (χ3n) is 1.75. The molecular formula is C9H8N2O2. The molecule has 4 nitrogen and oxygen atoms in total. The van der Waals surface area contributed by atoms with E-state index in [1.807, 2.05) is 0 Å². The molecule has 0 unspecified atom stereocenters. The monoisotopic (exact) mass is 176 g/mol. The van der Waals surface area contributed by atoms with E-state index in [-0.39, 0.29) is 11.5 Å². The molecule has 2 heterocycles. The van der Waals surface area contributed by atoms with Gasteiger partial charge in [0, 0.05) is 12.4 Å². The van der Waals surface area contributed by atoms with Crippen molar-refractivity contribution in [1.82, 2.24) is 9.97 Å². The van der Waals surface area contributed by atoms with Crippen LogP contribution in [0.5, 0.6) is 11.5 Å². The van der Waals surface area contributed by atoms with E-state index in [2.05, 4.69) is 9.97 Å². The molecule has 0 spiro atoms. The zero-order chi connectivity index (χ0) is 9.26. The van der Waals surface area contributed by atoms with E-state index in [4.69, 9.17) is 0 Å². The van der Waals surface area contributed by atoms with Crippen molar-refractivity contribution >= 4 is 0 Å². The molecule has 2 rings (SSSR count). The van der Waals surface area contributed by atoms with Crippen LogP contribution in [0.4, 0.5) is 0 Å². The van der Waals surface area contributed by atoms with Crippen LogP contribution < -0.4 is 0 Å². The Hall–Kier alpha value is -1.97. The van der Waals surface area contributed by atoms with Crippen LogP contribution in [0.25, 0.3) is 11.4 Å². The summed E-state index contributed by atoms with van der Waals surface area (Å²) in [4.78, 5) is 6.73. The number of rotatable bonds is 1. The van der Waals surface area contributed by atoms with Crippen molar-refractivity contribution in [3.05, 3.63) is 30.6 Å². The molecule has 0 fully saturated rings. The number of pyridine rings is 1. The predicted octanol–water partition coefficient (Wildman–Crippen LogP) is 1.49. The molecule has 0 saturated carbocycles. The summed E-state index contributed by atoms with van der Waals surface area (Å²) in [6.07, 6.45) is 3.13. The maximum atomic E-state index is 9.41. The van der Waals surface area contributed by atoms with Crippen LogP contribution in [0.1, 0.15) is 0 Å². The average molecular weight is 176 g/mol. The minimum atomic E-state index is 0.0419. The summed E-state index contributed by atoms with van der Waals surface area (Å²) in [5.74, 6) is 0.120. The second kappa shape index (κ2) is 2.82. The Morgan fingerprint density at radius 3 is 2.62 bits per heavy atom. The second-order valence-electron chi connectivity index (χ2n) is 2.61. The van der Waals surface area contributed by atoms with Gasteiger partial charge in [-0.15, -0.1) is 0 Å². The van der Waals surface area contributed by atoms with Gasteiger partial charge in [0.25, 0.3) is 0 Å². The van der Waals surface area contributed by atoms with Gasteiger partial charge < -0.3 is 15.2 Å². The number of aromatic amines is 1. The maximum absolute atomic E-state index is 9.41. The second-order valence-corrected chi connectivity index (χ2v) is 2.61. The van der Waals surface area contributed by atoms with Gasteiger partial charge in [0.1, 0.15) is 22.9 Å². The summed E-state index contributed by atoms with van der Waals surface area (Å²) in [6, 6.07) is 4.64. The van der Waals surface area contributed by atoms with Crippen molar-refractivity contribution in [1.29, 1.82) is 0 Å². The van der Waals surface area contributed by atoms with Crippen LogP contribution in [0.3, 0.4) is 0 Å². The van der Waals surface area contributed by atoms with Gasteiger partial charge in [-0.25, -0.2) is 0 Å². The van der Waals surface area contributed by atoms with Crippen molar-refractivity contribution in [2.75, 3.05) is 0 Å². The third-order valence-corrected chi connectivity index (χ3v) is 1.75. The third kappa shape index (κ3) is 1.22. The molecule has 0 aromatic carbocycles. The normalized spacial score (nSPS) is 10.2. The summed E-state index contributed by atoms with van der Waals surface area (Å²) in [5, 5.41) is 18.8. The highest BCUT2D eigenvalue weighted by atomic mass is 16.3. The standard InChI is InChI=1S/C9H8N2O2/c12-6-2-1-4-10-8(6)9-7(13)3-5-11-9/h1-5,11-13H. The molecule has 3 N–H and O–H groups in total. The molecule has 0 radical (unpaired) electrons. The van der Waals surface area contributed by atoms with Crippen molar-refractivity contribution in [3.63, 3.8) is 0 Å². The van der Waals surface area contributed by atoms with Crippen molar-refractivity contribution in [2.45, 2.75) is 0 Å². The highest BCUT2D eigenvalue weighted by molar-refractivity contribution is 5.67. The highest BCUT2D eigenvalue weighted by Gasteiger charge is 2.09. The lowest BCUT2D eigenvalue weighted by atomic mass is 10.2. The van der Waals surface area contributed by atoms with E-state index in [9.17, 15) is 10.2 Å². The van der Waals surface area contributed by atoms with Crippen molar-refractivity contribution < 1.29 is 10.2 Å². The first-order chi connectivity index (χ1) is 6.29. The minimum Gasteiger partial charge on any atom is -0.506 e. The van der Waals surface area contributed by atoms with Crippen LogP contribution >= 0.6 is 0 Å². The lowest BCUT2D eigenvalue weighted by molar-refractivity contribution is 0.467. The first-order valence-corrected chi connectivity index (χ1v) is 3.80. The number of hydrogen-bond donors (Lipinski definition) is 3. The number of hydrogen-bond acceptors (Lipinski definition) is 3. The lowest BCUT2D eigenvalue weighted by Gasteiger charge is -2.00. The molecular weight excluding hydrogens is 168 g/mol. The fourth-order valence-electron chi connectivity index (χ4n) is 1.14. The first-order valence-electron chi connectivity index (χ1n) is 3.80. The SMILES string of the molecule is Oc1cccnc1-c1[nH]ccc1O. The van der Waals surface area contributed by atoms with Gasteiger partial charge in [0.2, 0.25) is 0 Å². The largest absolute Gasteiger partial charge is 0.506 e. The van der Waals surface area contributed by atoms with Gasteiger partial charge in [-0.2, -0.15) is 0 Å². The number of aromatic hydroxyl groups is 2. The molecule has 13 heavy (non-hydrogen) atoms. The average Bonchev–Trinajstić information content (AvgIpc) is 2.52. The minimum absolute atomic E-state index is 0.0419. The Bertz CT molecular complexity index is 423. The van der Waals surface area contributed by atoms with Gasteiger partial charge in [-0.05, 0) is 18.2 Å². The Balaban J connectivity index is 2.59.